The first-order valence-electron chi connectivity index (χ1n) is 6.78. The van der Waals surface area contributed by atoms with Gasteiger partial charge in [0.1, 0.15) is 35.0 Å². The van der Waals surface area contributed by atoms with Gasteiger partial charge in [-0.3, -0.25) is 0 Å². The van der Waals surface area contributed by atoms with Crippen molar-refractivity contribution in [2.75, 3.05) is 19.5 Å². The second-order valence-corrected chi connectivity index (χ2v) is 4.61. The smallest absolute Gasteiger partial charge is 0.140 e. The molecule has 1 aromatic carbocycles. The van der Waals surface area contributed by atoms with Gasteiger partial charge in [0.2, 0.25) is 0 Å². The molecule has 23 heavy (non-hydrogen) atoms. The van der Waals surface area contributed by atoms with E-state index >= 15 is 0 Å². The largest absolute Gasteiger partial charge is 0.497 e. The van der Waals surface area contributed by atoms with Gasteiger partial charge in [-0.15, -0.1) is 0 Å². The number of ether oxygens (including phenoxy) is 1. The van der Waals surface area contributed by atoms with Crippen LogP contribution in [0.25, 0.3) is 11.6 Å². The number of nitriles is 2. The summed E-state index contributed by atoms with van der Waals surface area (Å²) in [6, 6.07) is 11.1. The molecule has 0 unspecified atom stereocenters. The molecule has 0 atom stereocenters. The molecular formula is C16H15N5O2. The Hall–Kier alpha value is -3.29. The SMILES string of the molecule is COc1ccc(/C=C(/C#N)c2nn(CCO)c(N)c2C#N)cc1. The van der Waals surface area contributed by atoms with E-state index in [0.717, 1.165) is 5.56 Å². The van der Waals surface area contributed by atoms with Crippen LogP contribution in [0.4, 0.5) is 5.82 Å². The minimum absolute atomic E-state index is 0.125. The van der Waals surface area contributed by atoms with Gasteiger partial charge in [-0.2, -0.15) is 15.6 Å². The predicted octanol–water partition coefficient (Wildman–Crippen LogP) is 1.40. The minimum atomic E-state index is -0.166. The van der Waals surface area contributed by atoms with E-state index in [1.807, 2.05) is 12.1 Å². The van der Waals surface area contributed by atoms with E-state index < -0.39 is 0 Å². The quantitative estimate of drug-likeness (QED) is 0.805. The average molecular weight is 309 g/mol. The molecule has 7 heteroatoms. The van der Waals surface area contributed by atoms with Crippen LogP contribution in [0.1, 0.15) is 16.8 Å². The molecule has 0 saturated heterocycles. The molecule has 3 N–H and O–H groups in total. The van der Waals surface area contributed by atoms with E-state index in [9.17, 15) is 10.5 Å². The Balaban J connectivity index is 2.48. The zero-order valence-electron chi connectivity index (χ0n) is 12.5. The zero-order chi connectivity index (χ0) is 16.8. The van der Waals surface area contributed by atoms with Crippen LogP contribution in [-0.4, -0.2) is 28.6 Å². The molecule has 1 heterocycles. The van der Waals surface area contributed by atoms with Crippen molar-refractivity contribution in [1.82, 2.24) is 9.78 Å². The molecule has 0 aliphatic carbocycles. The Kier molecular flexibility index (Phi) is 4.98. The fourth-order valence-electron chi connectivity index (χ4n) is 2.06. The van der Waals surface area contributed by atoms with Crippen LogP contribution in [0.5, 0.6) is 5.75 Å². The topological polar surface area (TPSA) is 121 Å². The van der Waals surface area contributed by atoms with Gasteiger partial charge >= 0.3 is 0 Å². The van der Waals surface area contributed by atoms with Crippen molar-refractivity contribution < 1.29 is 9.84 Å². The summed E-state index contributed by atoms with van der Waals surface area (Å²) in [5, 5.41) is 31.8. The highest BCUT2D eigenvalue weighted by Crippen LogP contribution is 2.25. The number of rotatable bonds is 5. The number of nitrogen functional groups attached to an aromatic ring is 1. The number of nitrogens with zero attached hydrogens (tertiary/aromatic N) is 4. The second kappa shape index (κ2) is 7.12. The number of benzene rings is 1. The first-order chi connectivity index (χ1) is 11.1. The number of aliphatic hydroxyl groups excluding tert-OH is 1. The van der Waals surface area contributed by atoms with Gasteiger partial charge in [-0.25, -0.2) is 4.68 Å². The zero-order valence-corrected chi connectivity index (χ0v) is 12.5. The van der Waals surface area contributed by atoms with Crippen LogP contribution >= 0.6 is 0 Å². The highest BCUT2D eigenvalue weighted by molar-refractivity contribution is 5.91. The molecule has 0 aliphatic rings. The Bertz CT molecular complexity index is 807. The summed E-state index contributed by atoms with van der Waals surface area (Å²) >= 11 is 0. The molecule has 0 saturated carbocycles. The Morgan fingerprint density at radius 1 is 1.39 bits per heavy atom. The summed E-state index contributed by atoms with van der Waals surface area (Å²) in [5.41, 5.74) is 7.15. The average Bonchev–Trinajstić information content (AvgIpc) is 2.89. The van der Waals surface area contributed by atoms with Gasteiger partial charge in [-0.1, -0.05) is 12.1 Å². The lowest BCUT2D eigenvalue weighted by Gasteiger charge is -2.00. The minimum Gasteiger partial charge on any atom is -0.497 e. The van der Waals surface area contributed by atoms with Gasteiger partial charge in [0.25, 0.3) is 0 Å². The molecular weight excluding hydrogens is 294 g/mol. The van der Waals surface area contributed by atoms with Crippen LogP contribution < -0.4 is 10.5 Å². The lowest BCUT2D eigenvalue weighted by atomic mass is 10.1. The number of allylic oxidation sites excluding steroid dienone is 1. The van der Waals surface area contributed by atoms with Crippen LogP contribution in [0.15, 0.2) is 24.3 Å². The van der Waals surface area contributed by atoms with Crippen LogP contribution in [0, 0.1) is 22.7 Å². The second-order valence-electron chi connectivity index (χ2n) is 4.61. The Morgan fingerprint density at radius 3 is 2.61 bits per heavy atom. The maximum absolute atomic E-state index is 9.40. The van der Waals surface area contributed by atoms with Crippen molar-refractivity contribution in [2.45, 2.75) is 6.54 Å². The summed E-state index contributed by atoms with van der Waals surface area (Å²) in [6.45, 7) is -0.0119. The van der Waals surface area contributed by atoms with Gasteiger partial charge in [0, 0.05) is 0 Å². The highest BCUT2D eigenvalue weighted by Gasteiger charge is 2.18. The lowest BCUT2D eigenvalue weighted by molar-refractivity contribution is 0.270. The molecule has 1 aromatic heterocycles. The number of anilines is 1. The monoisotopic (exact) mass is 309 g/mol. The normalized spacial score (nSPS) is 10.9. The number of aromatic nitrogens is 2. The van der Waals surface area contributed by atoms with Gasteiger partial charge < -0.3 is 15.6 Å². The molecule has 0 bridgehead atoms. The van der Waals surface area contributed by atoms with Crippen molar-refractivity contribution in [1.29, 1.82) is 10.5 Å². The van der Waals surface area contributed by atoms with E-state index in [-0.39, 0.29) is 35.8 Å². The summed E-state index contributed by atoms with van der Waals surface area (Å²) in [4.78, 5) is 0. The van der Waals surface area contributed by atoms with E-state index in [2.05, 4.69) is 5.10 Å². The highest BCUT2D eigenvalue weighted by atomic mass is 16.5. The molecule has 2 rings (SSSR count). The maximum Gasteiger partial charge on any atom is 0.140 e. The third-order valence-corrected chi connectivity index (χ3v) is 3.22. The number of hydrogen-bond donors (Lipinski definition) is 2. The summed E-state index contributed by atoms with van der Waals surface area (Å²) < 4.78 is 6.40. The first kappa shape index (κ1) is 16.1. The number of nitrogens with two attached hydrogens (primary N) is 1. The fraction of sp³-hybridized carbons (Fsp3) is 0.188. The van der Waals surface area contributed by atoms with Crippen molar-refractivity contribution in [3.8, 4) is 17.9 Å². The van der Waals surface area contributed by atoms with Gasteiger partial charge in [-0.05, 0) is 23.8 Å². The molecule has 7 nitrogen and oxygen atoms in total. The summed E-state index contributed by atoms with van der Waals surface area (Å²) in [6.07, 6.45) is 1.62. The number of hydrogen-bond acceptors (Lipinski definition) is 6. The van der Waals surface area contributed by atoms with Crippen molar-refractivity contribution >= 4 is 17.5 Å². The van der Waals surface area contributed by atoms with E-state index in [1.165, 1.54) is 4.68 Å². The molecule has 0 amide bonds. The number of methoxy groups -OCH3 is 1. The Labute approximate surface area is 133 Å². The van der Waals surface area contributed by atoms with Crippen LogP contribution in [0.2, 0.25) is 0 Å². The van der Waals surface area contributed by atoms with Crippen molar-refractivity contribution in [3.05, 3.63) is 41.1 Å². The molecule has 2 aromatic rings. The van der Waals surface area contributed by atoms with Crippen LogP contribution in [0.3, 0.4) is 0 Å². The van der Waals surface area contributed by atoms with Crippen molar-refractivity contribution in [2.24, 2.45) is 0 Å². The van der Waals surface area contributed by atoms with Crippen molar-refractivity contribution in [3.63, 3.8) is 0 Å². The molecule has 0 radical (unpaired) electrons. The van der Waals surface area contributed by atoms with Crippen LogP contribution in [-0.2, 0) is 6.54 Å². The van der Waals surface area contributed by atoms with Gasteiger partial charge in [0.05, 0.1) is 25.8 Å². The standard InChI is InChI=1S/C16H15N5O2/c1-23-13-4-2-11(3-5-13)8-12(9-17)15-14(10-18)16(19)21(20-15)6-7-22/h2-5,8,22H,6-7,19H2,1H3/b12-8-. The summed E-state index contributed by atoms with van der Waals surface area (Å²) in [7, 11) is 1.57. The van der Waals surface area contributed by atoms with E-state index in [0.29, 0.717) is 5.75 Å². The molecule has 116 valence electrons. The van der Waals surface area contributed by atoms with E-state index in [4.69, 9.17) is 15.6 Å². The lowest BCUT2D eigenvalue weighted by Crippen LogP contribution is -2.07. The van der Waals surface area contributed by atoms with E-state index in [1.54, 1.807) is 37.5 Å². The summed E-state index contributed by atoms with van der Waals surface area (Å²) in [5.74, 6) is 0.835. The molecule has 0 aliphatic heterocycles. The fourth-order valence-corrected chi connectivity index (χ4v) is 2.06. The molecule has 0 fully saturated rings. The first-order valence-corrected chi connectivity index (χ1v) is 6.78. The third-order valence-electron chi connectivity index (χ3n) is 3.22. The predicted molar refractivity (Wildman–Crippen MR) is 84.9 cm³/mol. The van der Waals surface area contributed by atoms with Gasteiger partial charge in [0.15, 0.2) is 0 Å². The third kappa shape index (κ3) is 3.31. The Morgan fingerprint density at radius 2 is 2.09 bits per heavy atom. The molecule has 0 spiro atoms. The number of aliphatic hydroxyl groups is 1. The maximum atomic E-state index is 9.40.